The number of aliphatic carboxylic acids is 1. The summed E-state index contributed by atoms with van der Waals surface area (Å²) in [5, 5.41) is 11.7. The van der Waals surface area contributed by atoms with Crippen LogP contribution in [-0.4, -0.2) is 37.4 Å². The molecule has 0 unspecified atom stereocenters. The zero-order valence-corrected chi connectivity index (χ0v) is 18.8. The second-order valence-electron chi connectivity index (χ2n) is 7.90. The van der Waals surface area contributed by atoms with E-state index < -0.39 is 12.1 Å². The second kappa shape index (κ2) is 10.6. The molecule has 0 atom stereocenters. The number of nitrogens with one attached hydrogen (secondary N) is 1. The Morgan fingerprint density at radius 1 is 1.00 bits per heavy atom. The fourth-order valence-corrected chi connectivity index (χ4v) is 4.17. The predicted molar refractivity (Wildman–Crippen MR) is 129 cm³/mol. The molecule has 172 valence electrons. The maximum absolute atomic E-state index is 12.2. The predicted octanol–water partition coefficient (Wildman–Crippen LogP) is 4.60. The highest BCUT2D eigenvalue weighted by Gasteiger charge is 2.28. The molecule has 0 heterocycles. The minimum Gasteiger partial charge on any atom is -0.496 e. The summed E-state index contributed by atoms with van der Waals surface area (Å²) < 4.78 is 10.8. The average molecular weight is 456 g/mol. The van der Waals surface area contributed by atoms with Crippen LogP contribution in [0.25, 0.3) is 11.1 Å². The zero-order valence-electron chi connectivity index (χ0n) is 18.8. The van der Waals surface area contributed by atoms with Gasteiger partial charge in [0.2, 0.25) is 0 Å². The number of amides is 1. The largest absolute Gasteiger partial charge is 0.496 e. The van der Waals surface area contributed by atoms with Crippen molar-refractivity contribution in [1.29, 1.82) is 0 Å². The molecule has 6 nitrogen and oxygen atoms in total. The van der Waals surface area contributed by atoms with Gasteiger partial charge in [-0.2, -0.15) is 0 Å². The van der Waals surface area contributed by atoms with Gasteiger partial charge in [0.05, 0.1) is 13.5 Å². The summed E-state index contributed by atoms with van der Waals surface area (Å²) in [5.74, 6) is 5.60. The van der Waals surface area contributed by atoms with E-state index in [2.05, 4.69) is 41.4 Å². The minimum atomic E-state index is -0.920. The Morgan fingerprint density at radius 2 is 1.68 bits per heavy atom. The molecular weight excluding hydrogens is 430 g/mol. The highest BCUT2D eigenvalue weighted by Crippen LogP contribution is 2.44. The first-order chi connectivity index (χ1) is 16.6. The molecule has 3 aromatic carbocycles. The molecule has 34 heavy (non-hydrogen) atoms. The number of alkyl carbamates (subject to hydrolysis) is 1. The van der Waals surface area contributed by atoms with Crippen LogP contribution in [0.3, 0.4) is 0 Å². The number of hydrogen-bond acceptors (Lipinski definition) is 4. The molecule has 3 aromatic rings. The summed E-state index contributed by atoms with van der Waals surface area (Å²) in [7, 11) is 1.50. The summed E-state index contributed by atoms with van der Waals surface area (Å²) in [6, 6.07) is 21.6. The van der Waals surface area contributed by atoms with Crippen molar-refractivity contribution in [1.82, 2.24) is 5.32 Å². The van der Waals surface area contributed by atoms with Crippen molar-refractivity contribution in [3.8, 4) is 28.7 Å². The van der Waals surface area contributed by atoms with E-state index >= 15 is 0 Å². The molecule has 0 spiro atoms. The normalized spacial score (nSPS) is 11.6. The van der Waals surface area contributed by atoms with Gasteiger partial charge in [0.15, 0.2) is 0 Å². The smallest absolute Gasteiger partial charge is 0.407 e. The average Bonchev–Trinajstić information content (AvgIpc) is 3.16. The monoisotopic (exact) mass is 455 g/mol. The number of ether oxygens (including phenoxy) is 2. The summed E-state index contributed by atoms with van der Waals surface area (Å²) in [5.41, 5.74) is 6.04. The van der Waals surface area contributed by atoms with Crippen LogP contribution in [0.2, 0.25) is 0 Å². The highest BCUT2D eigenvalue weighted by molar-refractivity contribution is 5.79. The maximum Gasteiger partial charge on any atom is 0.407 e. The Hall–Kier alpha value is -4.24. The molecule has 1 aliphatic carbocycles. The number of methoxy groups -OCH3 is 1. The van der Waals surface area contributed by atoms with E-state index in [1.165, 1.54) is 29.4 Å². The second-order valence-corrected chi connectivity index (χ2v) is 7.90. The van der Waals surface area contributed by atoms with Crippen LogP contribution in [-0.2, 0) is 16.0 Å². The van der Waals surface area contributed by atoms with Gasteiger partial charge in [-0.05, 0) is 34.4 Å². The number of carbonyl (C=O) groups excluding carboxylic acids is 1. The Kier molecular flexibility index (Phi) is 7.14. The fraction of sp³-hybridized carbons (Fsp3) is 0.214. The SMILES string of the molecule is COc1cc(C#CCCNC(=O)OCC2c3ccccc3-c3ccccc32)ccc1CC(=O)O. The van der Waals surface area contributed by atoms with E-state index in [0.29, 0.717) is 29.8 Å². The van der Waals surface area contributed by atoms with Crippen LogP contribution in [0.15, 0.2) is 66.7 Å². The number of carboxylic acid groups (broad SMARTS) is 1. The lowest BCUT2D eigenvalue weighted by Gasteiger charge is -2.14. The Balaban J connectivity index is 1.27. The molecule has 0 aliphatic heterocycles. The van der Waals surface area contributed by atoms with Crippen molar-refractivity contribution >= 4 is 12.1 Å². The lowest BCUT2D eigenvalue weighted by Crippen LogP contribution is -2.26. The summed E-state index contributed by atoms with van der Waals surface area (Å²) in [6.45, 7) is 0.631. The van der Waals surface area contributed by atoms with Crippen molar-refractivity contribution in [3.05, 3.63) is 89.0 Å². The number of carboxylic acids is 1. The number of carbonyl (C=O) groups is 2. The molecule has 0 fully saturated rings. The van der Waals surface area contributed by atoms with E-state index in [-0.39, 0.29) is 18.9 Å². The molecular formula is C28H25NO5. The van der Waals surface area contributed by atoms with Gasteiger partial charge in [-0.15, -0.1) is 0 Å². The van der Waals surface area contributed by atoms with Gasteiger partial charge in [0.1, 0.15) is 12.4 Å². The molecule has 6 heteroatoms. The molecule has 0 radical (unpaired) electrons. The van der Waals surface area contributed by atoms with Crippen LogP contribution in [0, 0.1) is 11.8 Å². The van der Waals surface area contributed by atoms with Gasteiger partial charge in [-0.3, -0.25) is 4.79 Å². The summed E-state index contributed by atoms with van der Waals surface area (Å²) >= 11 is 0. The fourth-order valence-electron chi connectivity index (χ4n) is 4.17. The third-order valence-electron chi connectivity index (χ3n) is 5.72. The van der Waals surface area contributed by atoms with Crippen LogP contribution in [0.5, 0.6) is 5.75 Å². The topological polar surface area (TPSA) is 84.9 Å². The lowest BCUT2D eigenvalue weighted by atomic mass is 9.98. The van der Waals surface area contributed by atoms with Gasteiger partial charge in [-0.25, -0.2) is 4.79 Å². The highest BCUT2D eigenvalue weighted by atomic mass is 16.5. The van der Waals surface area contributed by atoms with E-state index in [1.807, 2.05) is 24.3 Å². The quantitative estimate of drug-likeness (QED) is 0.402. The molecule has 2 N–H and O–H groups in total. The minimum absolute atomic E-state index is 0.0250. The molecule has 1 aliphatic rings. The van der Waals surface area contributed by atoms with Crippen molar-refractivity contribution in [2.24, 2.45) is 0 Å². The van der Waals surface area contributed by atoms with E-state index in [9.17, 15) is 9.59 Å². The van der Waals surface area contributed by atoms with Crippen molar-refractivity contribution in [2.45, 2.75) is 18.8 Å². The molecule has 0 saturated carbocycles. The number of fused-ring (bicyclic) bond motifs is 3. The Bertz CT molecular complexity index is 1230. The van der Waals surface area contributed by atoms with Gasteiger partial charge >= 0.3 is 12.1 Å². The van der Waals surface area contributed by atoms with Gasteiger partial charge in [-0.1, -0.05) is 66.4 Å². The maximum atomic E-state index is 12.2. The van der Waals surface area contributed by atoms with Crippen LogP contribution < -0.4 is 10.1 Å². The van der Waals surface area contributed by atoms with Gasteiger partial charge in [0, 0.05) is 30.0 Å². The third kappa shape index (κ3) is 5.21. The van der Waals surface area contributed by atoms with Gasteiger partial charge in [0.25, 0.3) is 0 Å². The lowest BCUT2D eigenvalue weighted by molar-refractivity contribution is -0.136. The third-order valence-corrected chi connectivity index (χ3v) is 5.72. The first-order valence-corrected chi connectivity index (χ1v) is 11.0. The molecule has 4 rings (SSSR count). The number of rotatable bonds is 7. The van der Waals surface area contributed by atoms with E-state index in [1.54, 1.807) is 18.2 Å². The summed E-state index contributed by atoms with van der Waals surface area (Å²) in [4.78, 5) is 23.1. The van der Waals surface area contributed by atoms with Gasteiger partial charge < -0.3 is 19.9 Å². The Labute approximate surface area is 198 Å². The van der Waals surface area contributed by atoms with E-state index in [4.69, 9.17) is 14.6 Å². The van der Waals surface area contributed by atoms with Crippen LogP contribution in [0.1, 0.15) is 34.6 Å². The first-order valence-electron chi connectivity index (χ1n) is 11.0. The summed E-state index contributed by atoms with van der Waals surface area (Å²) in [6.07, 6.45) is -0.131. The van der Waals surface area contributed by atoms with Crippen molar-refractivity contribution in [2.75, 3.05) is 20.3 Å². The standard InChI is InChI=1S/C28H25NO5/c1-33-26-16-19(13-14-20(26)17-27(30)31)8-6-7-15-29-28(32)34-18-25-23-11-4-2-9-21(23)22-10-3-5-12-24(22)25/h2-5,9-14,16,25H,7,15,17-18H2,1H3,(H,29,32)(H,30,31). The van der Waals surface area contributed by atoms with Crippen molar-refractivity contribution < 1.29 is 24.2 Å². The van der Waals surface area contributed by atoms with E-state index in [0.717, 1.165) is 0 Å². The molecule has 1 amide bonds. The molecule has 0 bridgehead atoms. The van der Waals surface area contributed by atoms with Crippen molar-refractivity contribution in [3.63, 3.8) is 0 Å². The first kappa shape index (κ1) is 22.9. The Morgan fingerprint density at radius 3 is 2.32 bits per heavy atom. The molecule has 0 aromatic heterocycles. The zero-order chi connectivity index (χ0) is 23.9. The van der Waals surface area contributed by atoms with Crippen LogP contribution >= 0.6 is 0 Å². The number of benzene rings is 3. The molecule has 0 saturated heterocycles. The van der Waals surface area contributed by atoms with Crippen LogP contribution in [0.4, 0.5) is 4.79 Å². The number of hydrogen-bond donors (Lipinski definition) is 2.